The second kappa shape index (κ2) is 6.85. The maximum atomic E-state index is 10.7. The Morgan fingerprint density at radius 3 is 2.74 bits per heavy atom. The van der Waals surface area contributed by atoms with Crippen molar-refractivity contribution < 1.29 is 4.79 Å². The Kier molecular flexibility index (Phi) is 4.64. The average molecular weight is 345 g/mol. The van der Waals surface area contributed by atoms with Crippen molar-refractivity contribution in [2.75, 3.05) is 5.32 Å². The van der Waals surface area contributed by atoms with E-state index in [0.717, 1.165) is 33.2 Å². The number of nitrogens with zero attached hydrogens (tertiary/aromatic N) is 3. The minimum absolute atomic E-state index is 0.379. The van der Waals surface area contributed by atoms with Crippen molar-refractivity contribution in [1.82, 2.24) is 15.0 Å². The quantitative estimate of drug-likeness (QED) is 0.707. The molecule has 0 saturated carbocycles. The number of aromatic nitrogens is 3. The predicted molar refractivity (Wildman–Crippen MR) is 92.4 cm³/mol. The van der Waals surface area contributed by atoms with Gasteiger partial charge >= 0.3 is 0 Å². The Labute approximate surface area is 142 Å². The van der Waals surface area contributed by atoms with E-state index in [0.29, 0.717) is 17.4 Å². The second-order valence-electron chi connectivity index (χ2n) is 4.80. The first-order valence-corrected chi connectivity index (χ1v) is 8.11. The van der Waals surface area contributed by atoms with Crippen LogP contribution < -0.4 is 5.32 Å². The summed E-state index contributed by atoms with van der Waals surface area (Å²) in [5.41, 5.74) is 2.44. The van der Waals surface area contributed by atoms with E-state index in [9.17, 15) is 4.79 Å². The zero-order valence-electron chi connectivity index (χ0n) is 12.3. The fraction of sp³-hybridized carbons (Fsp3) is 0.125. The van der Waals surface area contributed by atoms with Crippen molar-refractivity contribution in [1.29, 1.82) is 0 Å². The maximum absolute atomic E-state index is 10.7. The molecule has 0 unspecified atom stereocenters. The molecule has 0 fully saturated rings. The molecule has 7 heteroatoms. The van der Waals surface area contributed by atoms with Crippen molar-refractivity contribution in [2.24, 2.45) is 0 Å². The summed E-state index contributed by atoms with van der Waals surface area (Å²) in [5, 5.41) is 4.58. The summed E-state index contributed by atoms with van der Waals surface area (Å²) in [6.07, 6.45) is 2.94. The van der Waals surface area contributed by atoms with Gasteiger partial charge in [-0.05, 0) is 37.3 Å². The lowest BCUT2D eigenvalue weighted by Gasteiger charge is -2.05. The molecule has 2 aromatic heterocycles. The van der Waals surface area contributed by atoms with Gasteiger partial charge in [0.15, 0.2) is 0 Å². The standard InChI is InChI=1S/C16H13ClN4OS/c1-10-14(7-9-22)23-15(19-10)13-6-8-18-16(21-13)20-12-4-2-11(17)3-5-12/h2-6,8-9H,7H2,1H3,(H,18,20,21). The Hall–Kier alpha value is -2.31. The molecule has 0 amide bonds. The molecular weight excluding hydrogens is 332 g/mol. The van der Waals surface area contributed by atoms with Crippen LogP contribution in [-0.2, 0) is 11.2 Å². The maximum Gasteiger partial charge on any atom is 0.227 e. The smallest absolute Gasteiger partial charge is 0.227 e. The van der Waals surface area contributed by atoms with E-state index < -0.39 is 0 Å². The highest BCUT2D eigenvalue weighted by Crippen LogP contribution is 2.27. The molecule has 0 aliphatic carbocycles. The normalized spacial score (nSPS) is 10.5. The number of carbonyl (C=O) groups is 1. The number of anilines is 2. The van der Waals surface area contributed by atoms with Crippen LogP contribution in [0.4, 0.5) is 11.6 Å². The van der Waals surface area contributed by atoms with Gasteiger partial charge in [-0.25, -0.2) is 15.0 Å². The van der Waals surface area contributed by atoms with Crippen LogP contribution in [0.15, 0.2) is 36.5 Å². The van der Waals surface area contributed by atoms with Crippen LogP contribution in [0.3, 0.4) is 0 Å². The average Bonchev–Trinajstić information content (AvgIpc) is 2.92. The van der Waals surface area contributed by atoms with E-state index >= 15 is 0 Å². The largest absolute Gasteiger partial charge is 0.324 e. The van der Waals surface area contributed by atoms with Gasteiger partial charge in [0.2, 0.25) is 5.95 Å². The lowest BCUT2D eigenvalue weighted by atomic mass is 10.3. The van der Waals surface area contributed by atoms with E-state index in [1.165, 1.54) is 11.3 Å². The first-order valence-electron chi connectivity index (χ1n) is 6.91. The number of hydrogen-bond donors (Lipinski definition) is 1. The van der Waals surface area contributed by atoms with E-state index in [2.05, 4.69) is 20.3 Å². The highest BCUT2D eigenvalue weighted by Gasteiger charge is 2.11. The van der Waals surface area contributed by atoms with Crippen LogP contribution in [-0.4, -0.2) is 21.2 Å². The van der Waals surface area contributed by atoms with Gasteiger partial charge in [-0.3, -0.25) is 0 Å². The minimum atomic E-state index is 0.379. The van der Waals surface area contributed by atoms with E-state index in [-0.39, 0.29) is 0 Å². The lowest BCUT2D eigenvalue weighted by molar-refractivity contribution is -0.107. The molecule has 1 aromatic carbocycles. The highest BCUT2D eigenvalue weighted by molar-refractivity contribution is 7.15. The summed E-state index contributed by atoms with van der Waals surface area (Å²) < 4.78 is 0. The van der Waals surface area contributed by atoms with Crippen LogP contribution in [0.1, 0.15) is 10.6 Å². The molecule has 0 radical (unpaired) electrons. The zero-order valence-corrected chi connectivity index (χ0v) is 13.9. The van der Waals surface area contributed by atoms with Gasteiger partial charge in [-0.15, -0.1) is 11.3 Å². The third-order valence-electron chi connectivity index (χ3n) is 3.14. The van der Waals surface area contributed by atoms with Crippen molar-refractivity contribution in [3.05, 3.63) is 52.1 Å². The van der Waals surface area contributed by atoms with Gasteiger partial charge in [-0.2, -0.15) is 0 Å². The summed E-state index contributed by atoms with van der Waals surface area (Å²) >= 11 is 7.35. The van der Waals surface area contributed by atoms with Crippen LogP contribution in [0.5, 0.6) is 0 Å². The topological polar surface area (TPSA) is 67.8 Å². The number of carbonyl (C=O) groups excluding carboxylic acids is 1. The molecule has 0 aliphatic heterocycles. The number of aldehydes is 1. The Bertz CT molecular complexity index is 832. The summed E-state index contributed by atoms with van der Waals surface area (Å²) in [5.74, 6) is 0.481. The monoisotopic (exact) mass is 344 g/mol. The molecule has 1 N–H and O–H groups in total. The van der Waals surface area contributed by atoms with E-state index in [4.69, 9.17) is 11.6 Å². The Morgan fingerprint density at radius 2 is 2.00 bits per heavy atom. The molecule has 0 spiro atoms. The Balaban J connectivity index is 1.86. The molecule has 0 saturated heterocycles. The molecule has 5 nitrogen and oxygen atoms in total. The molecule has 0 bridgehead atoms. The van der Waals surface area contributed by atoms with Crippen molar-refractivity contribution in [3.63, 3.8) is 0 Å². The minimum Gasteiger partial charge on any atom is -0.324 e. The number of rotatable bonds is 5. The van der Waals surface area contributed by atoms with E-state index in [1.807, 2.05) is 19.1 Å². The number of thiazole rings is 1. The van der Waals surface area contributed by atoms with Crippen LogP contribution in [0.25, 0.3) is 10.7 Å². The molecule has 2 heterocycles. The van der Waals surface area contributed by atoms with Gasteiger partial charge in [-0.1, -0.05) is 11.6 Å². The van der Waals surface area contributed by atoms with Crippen LogP contribution >= 0.6 is 22.9 Å². The predicted octanol–water partition coefficient (Wildman–Crippen LogP) is 4.05. The first kappa shape index (κ1) is 15.6. The lowest BCUT2D eigenvalue weighted by Crippen LogP contribution is -1.97. The number of benzene rings is 1. The van der Waals surface area contributed by atoms with Gasteiger partial charge in [0.05, 0.1) is 5.69 Å². The van der Waals surface area contributed by atoms with Gasteiger partial charge < -0.3 is 10.1 Å². The molecule has 3 rings (SSSR count). The molecular formula is C16H13ClN4OS. The number of aryl methyl sites for hydroxylation is 1. The summed E-state index contributed by atoms with van der Waals surface area (Å²) in [4.78, 5) is 24.8. The fourth-order valence-corrected chi connectivity index (χ4v) is 3.11. The zero-order chi connectivity index (χ0) is 16.2. The summed E-state index contributed by atoms with van der Waals surface area (Å²) in [6, 6.07) is 9.10. The molecule has 116 valence electrons. The molecule has 23 heavy (non-hydrogen) atoms. The van der Waals surface area contributed by atoms with E-state index in [1.54, 1.807) is 24.4 Å². The first-order chi connectivity index (χ1) is 11.2. The second-order valence-corrected chi connectivity index (χ2v) is 6.32. The number of nitrogens with one attached hydrogen (secondary N) is 1. The number of halogens is 1. The van der Waals surface area contributed by atoms with Crippen LogP contribution in [0, 0.1) is 6.92 Å². The van der Waals surface area contributed by atoms with Crippen molar-refractivity contribution in [2.45, 2.75) is 13.3 Å². The third kappa shape index (κ3) is 3.72. The van der Waals surface area contributed by atoms with Crippen molar-refractivity contribution in [3.8, 4) is 10.7 Å². The van der Waals surface area contributed by atoms with Gasteiger partial charge in [0.1, 0.15) is 17.0 Å². The SMILES string of the molecule is Cc1nc(-c2ccnc(Nc3ccc(Cl)cc3)n2)sc1CC=O. The molecule has 0 atom stereocenters. The Morgan fingerprint density at radius 1 is 1.22 bits per heavy atom. The number of hydrogen-bond acceptors (Lipinski definition) is 6. The van der Waals surface area contributed by atoms with Crippen molar-refractivity contribution >= 4 is 40.9 Å². The van der Waals surface area contributed by atoms with Crippen LogP contribution in [0.2, 0.25) is 5.02 Å². The molecule has 0 aliphatic rings. The molecule has 3 aromatic rings. The summed E-state index contributed by atoms with van der Waals surface area (Å²) in [7, 11) is 0. The van der Waals surface area contributed by atoms with Gasteiger partial charge in [0, 0.05) is 28.2 Å². The highest BCUT2D eigenvalue weighted by atomic mass is 35.5. The summed E-state index contributed by atoms with van der Waals surface area (Å²) in [6.45, 7) is 1.90. The van der Waals surface area contributed by atoms with Gasteiger partial charge in [0.25, 0.3) is 0 Å². The fourth-order valence-electron chi connectivity index (χ4n) is 2.00. The third-order valence-corrected chi connectivity index (χ3v) is 4.59.